The summed E-state index contributed by atoms with van der Waals surface area (Å²) in [5, 5.41) is 14.3. The SMILES string of the molecule is CCC(CNC(=O)c1ccc(NC(=O)OCC2c3ccccc3-c3ccccc32)cn1)C(=O)O. The number of aromatic nitrogens is 1. The molecule has 0 aliphatic heterocycles. The van der Waals surface area contributed by atoms with Crippen molar-refractivity contribution >= 4 is 23.7 Å². The van der Waals surface area contributed by atoms with Gasteiger partial charge in [0.2, 0.25) is 0 Å². The second kappa shape index (κ2) is 10.2. The molecule has 2 aromatic carbocycles. The molecular formula is C26H25N3O5. The molecule has 8 heteroatoms. The smallest absolute Gasteiger partial charge is 0.411 e. The van der Waals surface area contributed by atoms with Crippen LogP contribution in [0.25, 0.3) is 11.1 Å². The van der Waals surface area contributed by atoms with Crippen molar-refractivity contribution in [1.29, 1.82) is 0 Å². The van der Waals surface area contributed by atoms with E-state index in [0.717, 1.165) is 22.3 Å². The topological polar surface area (TPSA) is 118 Å². The highest BCUT2D eigenvalue weighted by atomic mass is 16.5. The number of carboxylic acid groups (broad SMARTS) is 1. The second-order valence-electron chi connectivity index (χ2n) is 8.04. The molecule has 2 amide bonds. The molecule has 1 aromatic heterocycles. The molecule has 3 N–H and O–H groups in total. The minimum atomic E-state index is -0.960. The average Bonchev–Trinajstić information content (AvgIpc) is 3.17. The first-order valence-electron chi connectivity index (χ1n) is 11.1. The molecule has 0 bridgehead atoms. The molecular weight excluding hydrogens is 434 g/mol. The highest BCUT2D eigenvalue weighted by molar-refractivity contribution is 5.93. The third kappa shape index (κ3) is 4.91. The fourth-order valence-corrected chi connectivity index (χ4v) is 4.07. The molecule has 1 atom stereocenters. The molecule has 0 saturated carbocycles. The number of carboxylic acids is 1. The van der Waals surface area contributed by atoms with Crippen LogP contribution in [-0.2, 0) is 9.53 Å². The van der Waals surface area contributed by atoms with Crippen molar-refractivity contribution in [2.75, 3.05) is 18.5 Å². The number of nitrogens with zero attached hydrogens (tertiary/aromatic N) is 1. The lowest BCUT2D eigenvalue weighted by atomic mass is 9.98. The maximum absolute atomic E-state index is 12.4. The Balaban J connectivity index is 1.33. The highest BCUT2D eigenvalue weighted by Crippen LogP contribution is 2.44. The van der Waals surface area contributed by atoms with Crippen molar-refractivity contribution in [3.05, 3.63) is 83.7 Å². The Bertz CT molecular complexity index is 1160. The number of ether oxygens (including phenoxy) is 1. The minimum absolute atomic E-state index is 0.0199. The summed E-state index contributed by atoms with van der Waals surface area (Å²) in [7, 11) is 0. The van der Waals surface area contributed by atoms with Gasteiger partial charge in [-0.3, -0.25) is 14.9 Å². The van der Waals surface area contributed by atoms with E-state index in [1.165, 1.54) is 18.3 Å². The van der Waals surface area contributed by atoms with E-state index in [-0.39, 0.29) is 24.8 Å². The van der Waals surface area contributed by atoms with Crippen LogP contribution >= 0.6 is 0 Å². The molecule has 1 aliphatic rings. The number of hydrogen-bond acceptors (Lipinski definition) is 5. The van der Waals surface area contributed by atoms with Crippen molar-refractivity contribution in [1.82, 2.24) is 10.3 Å². The van der Waals surface area contributed by atoms with E-state index >= 15 is 0 Å². The maximum Gasteiger partial charge on any atom is 0.411 e. The van der Waals surface area contributed by atoms with Gasteiger partial charge < -0.3 is 15.2 Å². The number of benzene rings is 2. The molecule has 1 unspecified atom stereocenters. The zero-order valence-electron chi connectivity index (χ0n) is 18.7. The van der Waals surface area contributed by atoms with Gasteiger partial charge in [-0.05, 0) is 40.8 Å². The Morgan fingerprint density at radius 2 is 1.65 bits per heavy atom. The van der Waals surface area contributed by atoms with E-state index in [9.17, 15) is 14.4 Å². The van der Waals surface area contributed by atoms with Crippen LogP contribution < -0.4 is 10.6 Å². The largest absolute Gasteiger partial charge is 0.481 e. The summed E-state index contributed by atoms with van der Waals surface area (Å²) in [5.41, 5.74) is 5.06. The summed E-state index contributed by atoms with van der Waals surface area (Å²) in [5.74, 6) is -2.13. The van der Waals surface area contributed by atoms with E-state index in [0.29, 0.717) is 12.1 Å². The number of carbonyl (C=O) groups excluding carboxylic acids is 2. The standard InChI is InChI=1S/C26H25N3O5/c1-2-16(25(31)32)13-28-24(30)23-12-11-17(14-27-23)29-26(33)34-15-22-20-9-5-3-7-18(20)19-8-4-6-10-21(19)22/h3-12,14,16,22H,2,13,15H2,1H3,(H,28,30)(H,29,33)(H,31,32). The normalized spacial score (nSPS) is 12.9. The van der Waals surface area contributed by atoms with Crippen molar-refractivity contribution in [3.63, 3.8) is 0 Å². The first-order valence-corrected chi connectivity index (χ1v) is 11.1. The van der Waals surface area contributed by atoms with Crippen LogP contribution in [0.2, 0.25) is 0 Å². The lowest BCUT2D eigenvalue weighted by Gasteiger charge is -2.14. The Morgan fingerprint density at radius 3 is 2.21 bits per heavy atom. The number of aliphatic carboxylic acids is 1. The number of fused-ring (bicyclic) bond motifs is 3. The molecule has 1 aliphatic carbocycles. The predicted octanol–water partition coefficient (Wildman–Crippen LogP) is 4.28. The van der Waals surface area contributed by atoms with Crippen LogP contribution in [0.15, 0.2) is 66.9 Å². The van der Waals surface area contributed by atoms with E-state index in [4.69, 9.17) is 9.84 Å². The monoisotopic (exact) mass is 459 g/mol. The van der Waals surface area contributed by atoms with Gasteiger partial charge >= 0.3 is 12.1 Å². The lowest BCUT2D eigenvalue weighted by Crippen LogP contribution is -2.33. The molecule has 1 heterocycles. The van der Waals surface area contributed by atoms with Gasteiger partial charge in [0.1, 0.15) is 12.3 Å². The first-order chi connectivity index (χ1) is 16.5. The Morgan fingerprint density at radius 1 is 1.00 bits per heavy atom. The molecule has 4 rings (SSSR count). The Kier molecular flexibility index (Phi) is 6.87. The second-order valence-corrected chi connectivity index (χ2v) is 8.04. The number of anilines is 1. The average molecular weight is 460 g/mol. The predicted molar refractivity (Wildman–Crippen MR) is 127 cm³/mol. The zero-order valence-corrected chi connectivity index (χ0v) is 18.7. The fourth-order valence-electron chi connectivity index (χ4n) is 4.07. The van der Waals surface area contributed by atoms with Gasteiger partial charge in [0.25, 0.3) is 5.91 Å². The minimum Gasteiger partial charge on any atom is -0.481 e. The molecule has 34 heavy (non-hydrogen) atoms. The van der Waals surface area contributed by atoms with Gasteiger partial charge in [-0.2, -0.15) is 0 Å². The molecule has 3 aromatic rings. The summed E-state index contributed by atoms with van der Waals surface area (Å²) >= 11 is 0. The fraction of sp³-hybridized carbons (Fsp3) is 0.231. The molecule has 0 radical (unpaired) electrons. The molecule has 0 fully saturated rings. The van der Waals surface area contributed by atoms with Crippen molar-refractivity contribution < 1.29 is 24.2 Å². The molecule has 0 spiro atoms. The van der Waals surface area contributed by atoms with Crippen LogP contribution in [0.1, 0.15) is 40.9 Å². The van der Waals surface area contributed by atoms with Crippen LogP contribution in [0, 0.1) is 5.92 Å². The summed E-state index contributed by atoms with van der Waals surface area (Å²) in [6.07, 6.45) is 1.14. The molecule has 8 nitrogen and oxygen atoms in total. The summed E-state index contributed by atoms with van der Waals surface area (Å²) in [6.45, 7) is 1.95. The highest BCUT2D eigenvalue weighted by Gasteiger charge is 2.29. The Hall–Kier alpha value is -4.20. The number of pyridine rings is 1. The van der Waals surface area contributed by atoms with Gasteiger partial charge in [-0.1, -0.05) is 55.5 Å². The van der Waals surface area contributed by atoms with Crippen LogP contribution in [0.3, 0.4) is 0 Å². The van der Waals surface area contributed by atoms with Crippen LogP contribution in [-0.4, -0.2) is 41.2 Å². The third-order valence-electron chi connectivity index (χ3n) is 5.94. The van der Waals surface area contributed by atoms with Gasteiger partial charge in [-0.15, -0.1) is 0 Å². The summed E-state index contributed by atoms with van der Waals surface area (Å²) in [6, 6.07) is 19.2. The van der Waals surface area contributed by atoms with Gasteiger partial charge in [0.05, 0.1) is 17.8 Å². The van der Waals surface area contributed by atoms with Crippen molar-refractivity contribution in [2.45, 2.75) is 19.3 Å². The lowest BCUT2D eigenvalue weighted by molar-refractivity contribution is -0.141. The van der Waals surface area contributed by atoms with Gasteiger partial charge in [-0.25, -0.2) is 9.78 Å². The number of rotatable bonds is 8. The van der Waals surface area contributed by atoms with Gasteiger partial charge in [0.15, 0.2) is 0 Å². The number of nitrogens with one attached hydrogen (secondary N) is 2. The van der Waals surface area contributed by atoms with E-state index < -0.39 is 23.9 Å². The summed E-state index contributed by atoms with van der Waals surface area (Å²) < 4.78 is 5.51. The van der Waals surface area contributed by atoms with Crippen LogP contribution in [0.4, 0.5) is 10.5 Å². The molecule has 174 valence electrons. The first kappa shape index (κ1) is 23.0. The maximum atomic E-state index is 12.4. The number of hydrogen-bond donors (Lipinski definition) is 3. The number of amides is 2. The van der Waals surface area contributed by atoms with Crippen molar-refractivity contribution in [2.24, 2.45) is 5.92 Å². The number of carbonyl (C=O) groups is 3. The molecule has 0 saturated heterocycles. The third-order valence-corrected chi connectivity index (χ3v) is 5.94. The van der Waals surface area contributed by atoms with Crippen LogP contribution in [0.5, 0.6) is 0 Å². The van der Waals surface area contributed by atoms with E-state index in [2.05, 4.69) is 27.8 Å². The Labute approximate surface area is 197 Å². The van der Waals surface area contributed by atoms with E-state index in [1.54, 1.807) is 6.92 Å². The quantitative estimate of drug-likeness (QED) is 0.463. The van der Waals surface area contributed by atoms with E-state index in [1.807, 2.05) is 36.4 Å². The van der Waals surface area contributed by atoms with Gasteiger partial charge in [0, 0.05) is 12.5 Å². The summed E-state index contributed by atoms with van der Waals surface area (Å²) in [4.78, 5) is 39.7. The zero-order chi connectivity index (χ0) is 24.1. The van der Waals surface area contributed by atoms with Crippen molar-refractivity contribution in [3.8, 4) is 11.1 Å².